The zero-order valence-corrected chi connectivity index (χ0v) is 15.8. The summed E-state index contributed by atoms with van der Waals surface area (Å²) in [4.78, 5) is 28.5. The number of carbonyl (C=O) groups is 2. The van der Waals surface area contributed by atoms with E-state index in [9.17, 15) is 9.59 Å². The molecule has 4 rings (SSSR count). The molecule has 0 bridgehead atoms. The quantitative estimate of drug-likeness (QED) is 0.516. The standard InChI is InChI=1S/C24H19N3O2/c1-16(28)26-20-9-3-7-18(15-20)17-6-2-8-19(14-17)24(29)27-23-12-4-11-22-21(23)10-5-13-25-22/h2-15H,1H3,(H,26,28)(H,27,29). The molecule has 0 spiro atoms. The van der Waals surface area contributed by atoms with Gasteiger partial charge in [-0.1, -0.05) is 30.3 Å². The molecule has 0 saturated heterocycles. The number of anilines is 2. The van der Waals surface area contributed by atoms with Crippen molar-refractivity contribution in [3.63, 3.8) is 0 Å². The average molecular weight is 381 g/mol. The van der Waals surface area contributed by atoms with E-state index in [1.807, 2.05) is 72.8 Å². The Morgan fingerprint density at radius 3 is 2.38 bits per heavy atom. The Balaban J connectivity index is 1.62. The van der Waals surface area contributed by atoms with E-state index in [0.29, 0.717) is 11.3 Å². The van der Waals surface area contributed by atoms with Crippen LogP contribution in [0.2, 0.25) is 0 Å². The summed E-state index contributed by atoms with van der Waals surface area (Å²) in [5, 5.41) is 6.65. The van der Waals surface area contributed by atoms with E-state index < -0.39 is 0 Å². The minimum Gasteiger partial charge on any atom is -0.326 e. The van der Waals surface area contributed by atoms with Gasteiger partial charge in [0.1, 0.15) is 0 Å². The molecule has 1 heterocycles. The van der Waals surface area contributed by atoms with Crippen LogP contribution in [0.3, 0.4) is 0 Å². The van der Waals surface area contributed by atoms with E-state index >= 15 is 0 Å². The van der Waals surface area contributed by atoms with Gasteiger partial charge in [-0.2, -0.15) is 0 Å². The summed E-state index contributed by atoms with van der Waals surface area (Å²) in [6.07, 6.45) is 1.73. The minimum absolute atomic E-state index is 0.125. The molecular weight excluding hydrogens is 362 g/mol. The molecule has 1 aromatic heterocycles. The molecule has 0 aliphatic carbocycles. The highest BCUT2D eigenvalue weighted by atomic mass is 16.2. The predicted octanol–water partition coefficient (Wildman–Crippen LogP) is 5.11. The zero-order chi connectivity index (χ0) is 20.2. The second kappa shape index (κ2) is 7.94. The highest BCUT2D eigenvalue weighted by Crippen LogP contribution is 2.25. The number of nitrogens with one attached hydrogen (secondary N) is 2. The first kappa shape index (κ1) is 18.4. The maximum atomic E-state index is 12.9. The number of rotatable bonds is 4. The molecule has 142 valence electrons. The molecule has 5 nitrogen and oxygen atoms in total. The lowest BCUT2D eigenvalue weighted by molar-refractivity contribution is -0.114. The number of hydrogen-bond donors (Lipinski definition) is 2. The number of nitrogens with zero attached hydrogens (tertiary/aromatic N) is 1. The number of fused-ring (bicyclic) bond motifs is 1. The van der Waals surface area contributed by atoms with Crippen LogP contribution in [0.15, 0.2) is 85.1 Å². The molecule has 3 aromatic carbocycles. The lowest BCUT2D eigenvalue weighted by Gasteiger charge is -2.10. The molecule has 0 atom stereocenters. The number of pyridine rings is 1. The van der Waals surface area contributed by atoms with Crippen molar-refractivity contribution in [3.8, 4) is 11.1 Å². The Kier molecular flexibility index (Phi) is 5.03. The monoisotopic (exact) mass is 381 g/mol. The van der Waals surface area contributed by atoms with E-state index in [0.717, 1.165) is 27.7 Å². The van der Waals surface area contributed by atoms with Gasteiger partial charge in [0.2, 0.25) is 5.91 Å². The largest absolute Gasteiger partial charge is 0.326 e. The first-order valence-electron chi connectivity index (χ1n) is 9.23. The Labute approximate surface area is 168 Å². The van der Waals surface area contributed by atoms with Gasteiger partial charge in [-0.25, -0.2) is 0 Å². The second-order valence-corrected chi connectivity index (χ2v) is 6.67. The fourth-order valence-corrected chi connectivity index (χ4v) is 3.23. The van der Waals surface area contributed by atoms with Crippen molar-refractivity contribution in [1.82, 2.24) is 4.98 Å². The molecule has 2 N–H and O–H groups in total. The van der Waals surface area contributed by atoms with Gasteiger partial charge in [0, 0.05) is 29.8 Å². The third-order valence-corrected chi connectivity index (χ3v) is 4.53. The molecule has 29 heavy (non-hydrogen) atoms. The fourth-order valence-electron chi connectivity index (χ4n) is 3.23. The van der Waals surface area contributed by atoms with Crippen LogP contribution in [-0.4, -0.2) is 16.8 Å². The fraction of sp³-hybridized carbons (Fsp3) is 0.0417. The van der Waals surface area contributed by atoms with Crippen molar-refractivity contribution >= 4 is 34.1 Å². The van der Waals surface area contributed by atoms with Gasteiger partial charge in [0.25, 0.3) is 5.91 Å². The van der Waals surface area contributed by atoms with Crippen molar-refractivity contribution in [2.24, 2.45) is 0 Å². The maximum Gasteiger partial charge on any atom is 0.255 e. The smallest absolute Gasteiger partial charge is 0.255 e. The summed E-state index contributed by atoms with van der Waals surface area (Å²) in [5.41, 5.74) is 4.62. The molecule has 4 aromatic rings. The summed E-state index contributed by atoms with van der Waals surface area (Å²) in [5.74, 6) is -0.318. The van der Waals surface area contributed by atoms with Crippen molar-refractivity contribution < 1.29 is 9.59 Å². The molecule has 0 radical (unpaired) electrons. The van der Waals surface area contributed by atoms with Crippen molar-refractivity contribution in [1.29, 1.82) is 0 Å². The van der Waals surface area contributed by atoms with Gasteiger partial charge in [-0.15, -0.1) is 0 Å². The number of hydrogen-bond acceptors (Lipinski definition) is 3. The van der Waals surface area contributed by atoms with E-state index in [1.165, 1.54) is 6.92 Å². The van der Waals surface area contributed by atoms with Crippen LogP contribution in [0, 0.1) is 0 Å². The molecule has 0 aliphatic rings. The Morgan fingerprint density at radius 1 is 0.793 bits per heavy atom. The highest BCUT2D eigenvalue weighted by molar-refractivity contribution is 6.09. The van der Waals surface area contributed by atoms with Crippen LogP contribution in [0.1, 0.15) is 17.3 Å². The number of benzene rings is 3. The summed E-state index contributed by atoms with van der Waals surface area (Å²) < 4.78 is 0. The van der Waals surface area contributed by atoms with Crippen LogP contribution in [0.5, 0.6) is 0 Å². The maximum absolute atomic E-state index is 12.9. The van der Waals surface area contributed by atoms with Gasteiger partial charge in [0.05, 0.1) is 11.2 Å². The van der Waals surface area contributed by atoms with Crippen LogP contribution in [0.4, 0.5) is 11.4 Å². The lowest BCUT2D eigenvalue weighted by Crippen LogP contribution is -2.12. The molecule has 0 fully saturated rings. The van der Waals surface area contributed by atoms with E-state index in [1.54, 1.807) is 12.3 Å². The van der Waals surface area contributed by atoms with Crippen LogP contribution < -0.4 is 10.6 Å². The second-order valence-electron chi connectivity index (χ2n) is 6.67. The van der Waals surface area contributed by atoms with Crippen LogP contribution in [0.25, 0.3) is 22.0 Å². The minimum atomic E-state index is -0.193. The molecular formula is C24H19N3O2. The van der Waals surface area contributed by atoms with Crippen LogP contribution in [-0.2, 0) is 4.79 Å². The normalized spacial score (nSPS) is 10.5. The Hall–Kier alpha value is -3.99. The predicted molar refractivity (Wildman–Crippen MR) is 116 cm³/mol. The highest BCUT2D eigenvalue weighted by Gasteiger charge is 2.10. The topological polar surface area (TPSA) is 71.1 Å². The van der Waals surface area contributed by atoms with Gasteiger partial charge in [-0.3, -0.25) is 14.6 Å². The molecule has 2 amide bonds. The van der Waals surface area contributed by atoms with E-state index in [4.69, 9.17) is 0 Å². The van der Waals surface area contributed by atoms with E-state index in [-0.39, 0.29) is 11.8 Å². The molecule has 0 saturated carbocycles. The first-order valence-corrected chi connectivity index (χ1v) is 9.23. The number of carbonyl (C=O) groups excluding carboxylic acids is 2. The summed E-state index contributed by atoms with van der Waals surface area (Å²) in [6, 6.07) is 24.4. The number of aromatic nitrogens is 1. The van der Waals surface area contributed by atoms with Crippen molar-refractivity contribution in [2.75, 3.05) is 10.6 Å². The van der Waals surface area contributed by atoms with Gasteiger partial charge in [-0.05, 0) is 59.7 Å². The summed E-state index contributed by atoms with van der Waals surface area (Å²) in [6.45, 7) is 1.47. The summed E-state index contributed by atoms with van der Waals surface area (Å²) >= 11 is 0. The Morgan fingerprint density at radius 2 is 1.55 bits per heavy atom. The lowest BCUT2D eigenvalue weighted by atomic mass is 10.0. The van der Waals surface area contributed by atoms with Crippen LogP contribution >= 0.6 is 0 Å². The molecule has 0 aliphatic heterocycles. The SMILES string of the molecule is CC(=O)Nc1cccc(-c2cccc(C(=O)Nc3cccc4ncccc34)c2)c1. The van der Waals surface area contributed by atoms with Crippen molar-refractivity contribution in [2.45, 2.75) is 6.92 Å². The first-order chi connectivity index (χ1) is 14.1. The van der Waals surface area contributed by atoms with Crippen molar-refractivity contribution in [3.05, 3.63) is 90.6 Å². The summed E-state index contributed by atoms with van der Waals surface area (Å²) in [7, 11) is 0. The molecule has 0 unspecified atom stereocenters. The third-order valence-electron chi connectivity index (χ3n) is 4.53. The van der Waals surface area contributed by atoms with Gasteiger partial charge in [0.15, 0.2) is 0 Å². The van der Waals surface area contributed by atoms with Gasteiger partial charge >= 0.3 is 0 Å². The van der Waals surface area contributed by atoms with Gasteiger partial charge < -0.3 is 10.6 Å². The average Bonchev–Trinajstić information content (AvgIpc) is 2.74. The third kappa shape index (κ3) is 4.14. The zero-order valence-electron chi connectivity index (χ0n) is 15.8. The number of amides is 2. The molecule has 5 heteroatoms. The Bertz CT molecular complexity index is 1210. The van der Waals surface area contributed by atoms with E-state index in [2.05, 4.69) is 15.6 Å².